The number of hydrogen-bond acceptors (Lipinski definition) is 7. The summed E-state index contributed by atoms with van der Waals surface area (Å²) in [7, 11) is 0. The Hall–Kier alpha value is -2.95. The number of halogens is 3. The van der Waals surface area contributed by atoms with Crippen molar-refractivity contribution in [2.75, 3.05) is 19.0 Å². The van der Waals surface area contributed by atoms with Gasteiger partial charge in [0.05, 0.1) is 18.9 Å². The summed E-state index contributed by atoms with van der Waals surface area (Å²) in [4.78, 5) is 0. The Morgan fingerprint density at radius 2 is 1.55 bits per heavy atom. The fraction of sp³-hybridized carbons (Fsp3) is 0.278. The number of aromatic nitrogens is 4. The summed E-state index contributed by atoms with van der Waals surface area (Å²) < 4.78 is 53.1. The molecule has 7 nitrogen and oxygen atoms in total. The molecule has 11 heteroatoms. The van der Waals surface area contributed by atoms with Crippen LogP contribution in [-0.4, -0.2) is 45.5 Å². The van der Waals surface area contributed by atoms with Gasteiger partial charge in [0.2, 0.25) is 5.16 Å². The topological polar surface area (TPSA) is 71.3 Å². The van der Waals surface area contributed by atoms with E-state index in [2.05, 4.69) is 20.3 Å². The highest BCUT2D eigenvalue weighted by atomic mass is 32.2. The lowest BCUT2D eigenvalue weighted by molar-refractivity contribution is -0.274. The van der Waals surface area contributed by atoms with Crippen LogP contribution in [0.1, 0.15) is 6.92 Å². The molecule has 0 atom stereocenters. The van der Waals surface area contributed by atoms with Crippen molar-refractivity contribution in [2.45, 2.75) is 18.4 Å². The predicted octanol–water partition coefficient (Wildman–Crippen LogP) is 4.13. The summed E-state index contributed by atoms with van der Waals surface area (Å²) in [5, 5.41) is 11.9. The Labute approximate surface area is 168 Å². The van der Waals surface area contributed by atoms with Crippen molar-refractivity contribution in [2.24, 2.45) is 0 Å². The Balaban J connectivity index is 1.52. The number of benzene rings is 2. The maximum Gasteiger partial charge on any atom is 0.573 e. The van der Waals surface area contributed by atoms with E-state index in [1.54, 1.807) is 0 Å². The van der Waals surface area contributed by atoms with Crippen LogP contribution in [0.25, 0.3) is 5.69 Å². The maximum atomic E-state index is 12.2. The minimum Gasteiger partial charge on any atom is -0.494 e. The molecule has 1 heterocycles. The number of hydrogen-bond donors (Lipinski definition) is 0. The molecule has 0 spiro atoms. The Kier molecular flexibility index (Phi) is 6.81. The van der Waals surface area contributed by atoms with Gasteiger partial charge in [-0.1, -0.05) is 11.8 Å². The average molecular weight is 426 g/mol. The van der Waals surface area contributed by atoms with Crippen molar-refractivity contribution in [3.05, 3.63) is 48.5 Å². The summed E-state index contributed by atoms with van der Waals surface area (Å²) in [6.07, 6.45) is -4.74. The third kappa shape index (κ3) is 6.28. The molecule has 0 radical (unpaired) electrons. The van der Waals surface area contributed by atoms with Crippen LogP contribution >= 0.6 is 11.8 Å². The highest BCUT2D eigenvalue weighted by molar-refractivity contribution is 7.99. The van der Waals surface area contributed by atoms with Crippen LogP contribution in [0.3, 0.4) is 0 Å². The van der Waals surface area contributed by atoms with E-state index < -0.39 is 6.36 Å². The SMILES string of the molecule is CCOc1ccc(OCCSc2nnnn2-c2ccc(OC(F)(F)F)cc2)cc1. The van der Waals surface area contributed by atoms with Gasteiger partial charge in [-0.15, -0.1) is 18.3 Å². The van der Waals surface area contributed by atoms with E-state index >= 15 is 0 Å². The molecule has 3 rings (SSSR count). The molecule has 0 unspecified atom stereocenters. The van der Waals surface area contributed by atoms with E-state index in [4.69, 9.17) is 9.47 Å². The van der Waals surface area contributed by atoms with Gasteiger partial charge in [0.1, 0.15) is 17.2 Å². The molecular weight excluding hydrogens is 409 g/mol. The zero-order valence-corrected chi connectivity index (χ0v) is 16.1. The van der Waals surface area contributed by atoms with Crippen molar-refractivity contribution in [1.82, 2.24) is 20.2 Å². The second-order valence-corrected chi connectivity index (χ2v) is 6.58. The molecule has 0 fully saturated rings. The number of tetrazole rings is 1. The van der Waals surface area contributed by atoms with E-state index in [1.165, 1.54) is 40.7 Å². The molecule has 0 N–H and O–H groups in total. The van der Waals surface area contributed by atoms with Gasteiger partial charge in [-0.2, -0.15) is 4.68 Å². The second kappa shape index (κ2) is 9.50. The van der Waals surface area contributed by atoms with Gasteiger partial charge in [-0.05, 0) is 65.9 Å². The van der Waals surface area contributed by atoms with Crippen LogP contribution in [-0.2, 0) is 0 Å². The quantitative estimate of drug-likeness (QED) is 0.376. The summed E-state index contributed by atoms with van der Waals surface area (Å²) >= 11 is 1.36. The van der Waals surface area contributed by atoms with Crippen molar-refractivity contribution < 1.29 is 27.4 Å². The van der Waals surface area contributed by atoms with Crippen molar-refractivity contribution in [3.8, 4) is 22.9 Å². The van der Waals surface area contributed by atoms with E-state index in [9.17, 15) is 13.2 Å². The molecule has 0 saturated heterocycles. The molecule has 2 aromatic carbocycles. The first-order valence-corrected chi connectivity index (χ1v) is 9.56. The molecule has 154 valence electrons. The van der Waals surface area contributed by atoms with Crippen LogP contribution < -0.4 is 14.2 Å². The van der Waals surface area contributed by atoms with E-state index in [-0.39, 0.29) is 5.75 Å². The van der Waals surface area contributed by atoms with Gasteiger partial charge in [-0.3, -0.25) is 0 Å². The van der Waals surface area contributed by atoms with E-state index in [1.807, 2.05) is 31.2 Å². The Bertz CT molecular complexity index is 902. The summed E-state index contributed by atoms with van der Waals surface area (Å²) in [5.74, 6) is 1.75. The molecule has 0 bridgehead atoms. The third-order valence-corrected chi connectivity index (χ3v) is 4.36. The first kappa shape index (κ1) is 20.8. The predicted molar refractivity (Wildman–Crippen MR) is 99.7 cm³/mol. The van der Waals surface area contributed by atoms with Gasteiger partial charge in [0.25, 0.3) is 0 Å². The number of alkyl halides is 3. The second-order valence-electron chi connectivity index (χ2n) is 5.52. The minimum atomic E-state index is -4.74. The summed E-state index contributed by atoms with van der Waals surface area (Å²) in [6.45, 7) is 2.94. The molecule has 0 saturated carbocycles. The van der Waals surface area contributed by atoms with Crippen LogP contribution in [0, 0.1) is 0 Å². The van der Waals surface area contributed by atoms with Gasteiger partial charge in [0, 0.05) is 5.75 Å². The molecule has 0 aliphatic heterocycles. The normalized spacial score (nSPS) is 11.3. The maximum absolute atomic E-state index is 12.2. The van der Waals surface area contributed by atoms with E-state index in [0.717, 1.165) is 5.75 Å². The molecule has 0 aliphatic carbocycles. The standard InChI is InChI=1S/C18H17F3N4O3S/c1-2-26-14-7-9-15(10-8-14)27-11-12-29-17-22-23-24-25(17)13-3-5-16(6-4-13)28-18(19,20)21/h3-10H,2,11-12H2,1H3. The first-order chi connectivity index (χ1) is 13.9. The van der Waals surface area contributed by atoms with Crippen molar-refractivity contribution in [1.29, 1.82) is 0 Å². The highest BCUT2D eigenvalue weighted by Gasteiger charge is 2.31. The molecule has 29 heavy (non-hydrogen) atoms. The number of nitrogens with zero attached hydrogens (tertiary/aromatic N) is 4. The Morgan fingerprint density at radius 3 is 2.17 bits per heavy atom. The number of ether oxygens (including phenoxy) is 3. The van der Waals surface area contributed by atoms with Gasteiger partial charge < -0.3 is 14.2 Å². The number of thioether (sulfide) groups is 1. The van der Waals surface area contributed by atoms with Crippen molar-refractivity contribution in [3.63, 3.8) is 0 Å². The summed E-state index contributed by atoms with van der Waals surface area (Å²) in [5.41, 5.74) is 0.513. The largest absolute Gasteiger partial charge is 0.573 e. The van der Waals surface area contributed by atoms with Crippen LogP contribution in [0.4, 0.5) is 13.2 Å². The lowest BCUT2D eigenvalue weighted by atomic mass is 10.3. The monoisotopic (exact) mass is 426 g/mol. The highest BCUT2D eigenvalue weighted by Crippen LogP contribution is 2.25. The minimum absolute atomic E-state index is 0.313. The average Bonchev–Trinajstić information content (AvgIpc) is 3.15. The van der Waals surface area contributed by atoms with Gasteiger partial charge >= 0.3 is 6.36 Å². The lowest BCUT2D eigenvalue weighted by Gasteiger charge is -2.10. The zero-order chi connectivity index (χ0) is 20.7. The lowest BCUT2D eigenvalue weighted by Crippen LogP contribution is -2.17. The molecule has 0 aliphatic rings. The fourth-order valence-electron chi connectivity index (χ4n) is 2.31. The van der Waals surface area contributed by atoms with E-state index in [0.29, 0.717) is 35.6 Å². The molecule has 0 amide bonds. The third-order valence-electron chi connectivity index (χ3n) is 3.47. The van der Waals surface area contributed by atoms with Crippen molar-refractivity contribution >= 4 is 11.8 Å². The van der Waals surface area contributed by atoms with Gasteiger partial charge in [-0.25, -0.2) is 0 Å². The Morgan fingerprint density at radius 1 is 0.931 bits per heavy atom. The van der Waals surface area contributed by atoms with Crippen LogP contribution in [0.15, 0.2) is 53.7 Å². The van der Waals surface area contributed by atoms with Crippen LogP contribution in [0.2, 0.25) is 0 Å². The summed E-state index contributed by atoms with van der Waals surface area (Å²) in [6, 6.07) is 12.6. The fourth-order valence-corrected chi connectivity index (χ4v) is 3.02. The molecule has 3 aromatic rings. The van der Waals surface area contributed by atoms with Gasteiger partial charge in [0.15, 0.2) is 0 Å². The first-order valence-electron chi connectivity index (χ1n) is 8.57. The number of rotatable bonds is 9. The smallest absolute Gasteiger partial charge is 0.494 e. The molecule has 1 aromatic heterocycles. The molecular formula is C18H17F3N4O3S. The van der Waals surface area contributed by atoms with Crippen LogP contribution in [0.5, 0.6) is 17.2 Å². The zero-order valence-electron chi connectivity index (χ0n) is 15.3.